The molecule has 3 N–H and O–H groups in total. The van der Waals surface area contributed by atoms with Gasteiger partial charge in [-0.15, -0.1) is 0 Å². The number of benzene rings is 12. The SMILES string of the molecule is O=C(c1ccccc1)c1ccc(O[P+]2(Oc3ccc(C(=O)c4ccccc4)cc3)N[P+](Oc3ccc(C(=O)c4ccccc4)cc3)(Oc3ccc(C(=O)c4ccccc4)cc3)N[P+](Oc3ccc(C(=O)c4ccccc4)cc3)(Oc3ccc(C(=O)c4ccccc4)cc3)N2)cc1. The smallest absolute Gasteiger partial charge is 0.289 e. The van der Waals surface area contributed by atoms with Crippen LogP contribution < -0.4 is 41.7 Å². The summed E-state index contributed by atoms with van der Waals surface area (Å²) < 4.78 is 43.8. The standard InChI is InChI=1S/C78H57N3O12P3/c82-73(55-19-7-1-8-20-55)61-31-43-67(44-32-61)88-94(89-68-45-33-62(34-46-68)74(83)56-21-9-2-10-22-56)79-95(90-69-47-35-63(36-48-69)75(84)57-23-11-3-12-24-57,91-70-49-37-64(38-50-70)76(85)58-25-13-4-14-26-58)81-96(80-94,92-71-51-39-65(40-52-71)77(86)59-27-15-5-16-28-59)93-72-53-41-66(42-54-72)78(87)60-29-17-6-18-30-60/h1-54,79-81H/q+3. The van der Waals surface area contributed by atoms with Crippen LogP contribution in [0.15, 0.2) is 328 Å². The zero-order chi connectivity index (χ0) is 65.9. The van der Waals surface area contributed by atoms with Gasteiger partial charge in [-0.05, 0) is 146 Å². The lowest BCUT2D eigenvalue weighted by molar-refractivity contribution is 0.103. The van der Waals surface area contributed by atoms with E-state index < -0.39 is 24.1 Å². The van der Waals surface area contributed by atoms with E-state index in [2.05, 4.69) is 14.6 Å². The summed E-state index contributed by atoms with van der Waals surface area (Å²) in [6.45, 7) is 0. The maximum Gasteiger partial charge on any atom is 0.600 e. The van der Waals surface area contributed by atoms with Gasteiger partial charge in [0, 0.05) is 66.8 Å². The Hall–Kier alpha value is -11.4. The van der Waals surface area contributed by atoms with Crippen molar-refractivity contribution in [3.8, 4) is 34.5 Å². The molecule has 0 spiro atoms. The highest BCUT2D eigenvalue weighted by Crippen LogP contribution is 2.80. The van der Waals surface area contributed by atoms with Crippen molar-refractivity contribution < 1.29 is 55.9 Å². The van der Waals surface area contributed by atoms with E-state index in [1.165, 1.54) is 0 Å². The van der Waals surface area contributed by atoms with E-state index >= 15 is 0 Å². The van der Waals surface area contributed by atoms with E-state index in [1.807, 2.05) is 36.4 Å². The van der Waals surface area contributed by atoms with Gasteiger partial charge in [0.2, 0.25) is 0 Å². The molecule has 1 saturated heterocycles. The molecule has 0 amide bonds. The van der Waals surface area contributed by atoms with E-state index in [0.29, 0.717) is 66.8 Å². The first-order valence-corrected chi connectivity index (χ1v) is 35.2. The number of carbonyl (C=O) groups excluding carboxylic acids is 6. The molecule has 1 heterocycles. The van der Waals surface area contributed by atoms with Gasteiger partial charge in [0.25, 0.3) is 0 Å². The van der Waals surface area contributed by atoms with Gasteiger partial charge >= 0.3 is 24.1 Å². The minimum atomic E-state index is -4.43. The van der Waals surface area contributed by atoms with E-state index in [1.54, 1.807) is 291 Å². The van der Waals surface area contributed by atoms with Crippen LogP contribution in [0.5, 0.6) is 34.5 Å². The van der Waals surface area contributed by atoms with E-state index in [-0.39, 0.29) is 69.2 Å². The fourth-order valence-electron chi connectivity index (χ4n) is 10.3. The number of hydrogen-bond donors (Lipinski definition) is 3. The summed E-state index contributed by atoms with van der Waals surface area (Å²) in [6.07, 6.45) is 0. The molecule has 0 aromatic heterocycles. The van der Waals surface area contributed by atoms with Gasteiger partial charge < -0.3 is 0 Å². The summed E-state index contributed by atoms with van der Waals surface area (Å²) in [6, 6.07) is 91.7. The first kappa shape index (κ1) is 63.4. The Bertz CT molecular complexity index is 3950. The van der Waals surface area contributed by atoms with Crippen molar-refractivity contribution in [1.29, 1.82) is 0 Å². The summed E-state index contributed by atoms with van der Waals surface area (Å²) in [7, 11) is -13.3. The summed E-state index contributed by atoms with van der Waals surface area (Å²) in [5.41, 5.74) is 4.88. The monoisotopic (exact) mass is 1320 g/mol. The molecule has 12 aromatic rings. The number of carbonyl (C=O) groups is 6. The third-order valence-electron chi connectivity index (χ3n) is 15.1. The second kappa shape index (κ2) is 28.5. The van der Waals surface area contributed by atoms with Gasteiger partial charge in [-0.1, -0.05) is 182 Å². The van der Waals surface area contributed by atoms with Crippen LogP contribution in [0.2, 0.25) is 0 Å². The maximum absolute atomic E-state index is 14.0. The minimum Gasteiger partial charge on any atom is -0.289 e. The van der Waals surface area contributed by atoms with Crippen molar-refractivity contribution in [3.63, 3.8) is 0 Å². The van der Waals surface area contributed by atoms with Gasteiger partial charge in [-0.3, -0.25) is 55.9 Å². The number of hydrogen-bond acceptors (Lipinski definition) is 15. The van der Waals surface area contributed by atoms with Crippen molar-refractivity contribution in [1.82, 2.24) is 14.6 Å². The molecule has 1 aliphatic heterocycles. The molecule has 0 unspecified atom stereocenters. The molecule has 0 radical (unpaired) electrons. The predicted octanol–water partition coefficient (Wildman–Crippen LogP) is 17.7. The molecule has 1 fully saturated rings. The molecule has 12 aromatic carbocycles. The number of ketones is 6. The van der Waals surface area contributed by atoms with E-state index in [9.17, 15) is 28.8 Å². The van der Waals surface area contributed by atoms with Crippen LogP contribution in [0.25, 0.3) is 0 Å². The topological polar surface area (TPSA) is 194 Å². The van der Waals surface area contributed by atoms with Crippen LogP contribution in [-0.4, -0.2) is 34.7 Å². The average Bonchev–Trinajstić information content (AvgIpc) is 0.730. The third kappa shape index (κ3) is 14.8. The van der Waals surface area contributed by atoms with Crippen LogP contribution in [-0.2, 0) is 0 Å². The molecule has 0 aliphatic carbocycles. The Morgan fingerprint density at radius 1 is 0.167 bits per heavy atom. The zero-order valence-electron chi connectivity index (χ0n) is 50.9. The van der Waals surface area contributed by atoms with E-state index in [0.717, 1.165) is 0 Å². The minimum absolute atomic E-state index is 0.155. The molecule has 96 heavy (non-hydrogen) atoms. The molecular formula is C78H57N3O12P3+3. The Balaban J connectivity index is 0.998. The summed E-state index contributed by atoms with van der Waals surface area (Å²) in [5.74, 6) is -0.541. The predicted molar refractivity (Wildman–Crippen MR) is 372 cm³/mol. The lowest BCUT2D eigenvalue weighted by atomic mass is 10.0. The van der Waals surface area contributed by atoms with Gasteiger partial charge in [-0.25, -0.2) is 0 Å². The molecule has 15 nitrogen and oxygen atoms in total. The highest BCUT2D eigenvalue weighted by Gasteiger charge is 2.85. The zero-order valence-corrected chi connectivity index (χ0v) is 53.6. The molecule has 0 saturated carbocycles. The first-order valence-electron chi connectivity index (χ1n) is 30.3. The molecule has 468 valence electrons. The second-order valence-corrected chi connectivity index (χ2v) is 28.6. The Labute approximate surface area is 555 Å². The average molecular weight is 1320 g/mol. The Kier molecular flexibility index (Phi) is 18.8. The molecular weight excluding hydrogens is 1260 g/mol. The van der Waals surface area contributed by atoms with Crippen LogP contribution >= 0.6 is 24.1 Å². The van der Waals surface area contributed by atoms with Gasteiger partial charge in [0.05, 0.1) is 0 Å². The summed E-state index contributed by atoms with van der Waals surface area (Å²) in [4.78, 5) is 94.4. The molecule has 0 bridgehead atoms. The van der Waals surface area contributed by atoms with Crippen molar-refractivity contribution in [2.24, 2.45) is 0 Å². The molecule has 18 heteroatoms. The molecule has 0 atom stereocenters. The van der Waals surface area contributed by atoms with Gasteiger partial charge in [0.15, 0.2) is 69.2 Å². The summed E-state index contributed by atoms with van der Waals surface area (Å²) in [5, 5.41) is 0. The third-order valence-corrected chi connectivity index (χ3v) is 24.2. The van der Waals surface area contributed by atoms with E-state index in [4.69, 9.17) is 27.1 Å². The lowest BCUT2D eigenvalue weighted by Gasteiger charge is -2.34. The highest BCUT2D eigenvalue weighted by molar-refractivity contribution is 7.93. The fourth-order valence-corrected chi connectivity index (χ4v) is 20.8. The molecule has 13 rings (SSSR count). The van der Waals surface area contributed by atoms with Crippen molar-refractivity contribution in [2.75, 3.05) is 0 Å². The number of rotatable bonds is 24. The molecule has 1 aliphatic rings. The normalized spacial score (nSPS) is 13.4. The fraction of sp³-hybridized carbons (Fsp3) is 0. The van der Waals surface area contributed by atoms with Crippen LogP contribution in [0.1, 0.15) is 95.5 Å². The van der Waals surface area contributed by atoms with Crippen molar-refractivity contribution in [2.45, 2.75) is 0 Å². The Morgan fingerprint density at radius 2 is 0.281 bits per heavy atom. The first-order chi connectivity index (χ1) is 46.9. The van der Waals surface area contributed by atoms with Gasteiger partial charge in [-0.2, -0.15) is 0 Å². The van der Waals surface area contributed by atoms with Crippen LogP contribution in [0, 0.1) is 0 Å². The largest absolute Gasteiger partial charge is 0.600 e. The Morgan fingerprint density at radius 3 is 0.406 bits per heavy atom. The lowest BCUT2D eigenvalue weighted by Crippen LogP contribution is -2.52. The van der Waals surface area contributed by atoms with Crippen LogP contribution in [0.4, 0.5) is 0 Å². The van der Waals surface area contributed by atoms with Crippen molar-refractivity contribution in [3.05, 3.63) is 394 Å². The second-order valence-electron chi connectivity index (χ2n) is 21.8. The van der Waals surface area contributed by atoms with Gasteiger partial charge in [0.1, 0.15) is 14.6 Å². The summed E-state index contributed by atoms with van der Waals surface area (Å²) >= 11 is 0. The van der Waals surface area contributed by atoms with Crippen LogP contribution in [0.3, 0.4) is 0 Å². The van der Waals surface area contributed by atoms with Crippen molar-refractivity contribution >= 4 is 58.8 Å². The maximum atomic E-state index is 14.0. The highest BCUT2D eigenvalue weighted by atomic mass is 31.3. The quantitative estimate of drug-likeness (QED) is 0.0382. The number of nitrogens with one attached hydrogen (secondary N) is 3.